The van der Waals surface area contributed by atoms with Crippen LogP contribution < -0.4 is 4.68 Å². The molecule has 1 aromatic heterocycles. The van der Waals surface area contributed by atoms with Crippen molar-refractivity contribution in [1.29, 1.82) is 0 Å². The van der Waals surface area contributed by atoms with E-state index in [0.29, 0.717) is 11.7 Å². The van der Waals surface area contributed by atoms with E-state index in [1.807, 2.05) is 47.2 Å². The molecule has 1 fully saturated rings. The minimum absolute atomic E-state index is 0.160. The van der Waals surface area contributed by atoms with Crippen molar-refractivity contribution in [2.75, 3.05) is 0 Å². The standard InChI is InChI=1S/C16H18N4O2/c21-18-17-16-15(12-11-13-7-3-1-4-8-13)20(19-22-16)14-9-5-2-6-10-14/h1,3-4,7-8,11-12,14H,2,5-6,9-10H2/b12-11+. The van der Waals surface area contributed by atoms with Crippen LogP contribution in [-0.4, -0.2) is 5.27 Å². The summed E-state index contributed by atoms with van der Waals surface area (Å²) in [5.74, 6) is 0.160. The largest absolute Gasteiger partial charge is 0.775 e. The molecule has 1 aliphatic carbocycles. The van der Waals surface area contributed by atoms with Gasteiger partial charge in [-0.1, -0.05) is 36.8 Å². The Morgan fingerprint density at radius 2 is 1.91 bits per heavy atom. The van der Waals surface area contributed by atoms with Gasteiger partial charge in [0.2, 0.25) is 5.27 Å². The third-order valence-corrected chi connectivity index (χ3v) is 3.97. The van der Waals surface area contributed by atoms with Crippen molar-refractivity contribution in [3.05, 3.63) is 46.8 Å². The molecule has 0 amide bonds. The van der Waals surface area contributed by atoms with Crippen LogP contribution in [0.1, 0.15) is 49.4 Å². The first kappa shape index (κ1) is 14.4. The smallest absolute Gasteiger partial charge is 0.347 e. The summed E-state index contributed by atoms with van der Waals surface area (Å²) in [6, 6.07) is 10.2. The van der Waals surface area contributed by atoms with Gasteiger partial charge in [-0.3, -0.25) is 4.52 Å². The summed E-state index contributed by atoms with van der Waals surface area (Å²) < 4.78 is 7.02. The van der Waals surface area contributed by atoms with Crippen molar-refractivity contribution in [2.24, 2.45) is 10.4 Å². The third-order valence-electron chi connectivity index (χ3n) is 3.97. The van der Waals surface area contributed by atoms with E-state index in [1.165, 1.54) is 19.3 Å². The third kappa shape index (κ3) is 3.21. The van der Waals surface area contributed by atoms with E-state index >= 15 is 0 Å². The number of hydrogen-bond acceptors (Lipinski definition) is 5. The Morgan fingerprint density at radius 1 is 1.14 bits per heavy atom. The minimum Gasteiger partial charge on any atom is -0.775 e. The van der Waals surface area contributed by atoms with E-state index in [0.717, 1.165) is 18.4 Å². The molecule has 0 saturated heterocycles. The molecule has 1 saturated carbocycles. The first-order chi connectivity index (χ1) is 10.9. The van der Waals surface area contributed by atoms with Crippen LogP contribution in [0.15, 0.2) is 45.2 Å². The average Bonchev–Trinajstić information content (AvgIpc) is 2.98. The maximum absolute atomic E-state index is 10.4. The van der Waals surface area contributed by atoms with E-state index < -0.39 is 0 Å². The van der Waals surface area contributed by atoms with Crippen LogP contribution in [0, 0.1) is 5.21 Å². The lowest BCUT2D eigenvalue weighted by Crippen LogP contribution is -2.44. The zero-order valence-corrected chi connectivity index (χ0v) is 12.3. The van der Waals surface area contributed by atoms with E-state index in [1.54, 1.807) is 0 Å². The molecule has 1 aromatic carbocycles. The molecule has 22 heavy (non-hydrogen) atoms. The van der Waals surface area contributed by atoms with Crippen LogP contribution in [0.4, 0.5) is 5.88 Å². The van der Waals surface area contributed by atoms with Gasteiger partial charge in [0, 0.05) is 18.9 Å². The second kappa shape index (κ2) is 6.98. The summed E-state index contributed by atoms with van der Waals surface area (Å²) in [6.45, 7) is 0. The lowest BCUT2D eigenvalue weighted by Gasteiger charge is -2.13. The molecule has 0 radical (unpaired) electrons. The normalized spacial score (nSPS) is 16.7. The molecular weight excluding hydrogens is 280 g/mol. The second-order valence-corrected chi connectivity index (χ2v) is 5.43. The van der Waals surface area contributed by atoms with Crippen molar-refractivity contribution in [3.8, 4) is 0 Å². The number of aromatic nitrogens is 2. The van der Waals surface area contributed by atoms with Gasteiger partial charge in [-0.15, -0.1) is 5.11 Å². The van der Waals surface area contributed by atoms with Crippen molar-refractivity contribution in [1.82, 2.24) is 5.27 Å². The average molecular weight is 298 g/mol. The molecule has 6 nitrogen and oxygen atoms in total. The van der Waals surface area contributed by atoms with Gasteiger partial charge in [0.05, 0.1) is 0 Å². The Bertz CT molecular complexity index is 658. The Labute approximate surface area is 128 Å². The zero-order valence-electron chi connectivity index (χ0n) is 12.3. The van der Waals surface area contributed by atoms with Crippen molar-refractivity contribution in [3.63, 3.8) is 0 Å². The van der Waals surface area contributed by atoms with Gasteiger partial charge in [-0.2, -0.15) is 0 Å². The van der Waals surface area contributed by atoms with Crippen LogP contribution in [0.25, 0.3) is 12.2 Å². The highest BCUT2D eigenvalue weighted by molar-refractivity contribution is 5.69. The molecule has 6 heteroatoms. The van der Waals surface area contributed by atoms with Gasteiger partial charge >= 0.3 is 11.6 Å². The highest BCUT2D eigenvalue weighted by atomic mass is 16.5. The van der Waals surface area contributed by atoms with Crippen molar-refractivity contribution >= 4 is 18.0 Å². The van der Waals surface area contributed by atoms with Gasteiger partial charge in [-0.05, 0) is 29.2 Å². The maximum Gasteiger partial charge on any atom is 0.347 e. The fraction of sp³-hybridized carbons (Fsp3) is 0.375. The molecule has 3 rings (SSSR count). The molecule has 0 bridgehead atoms. The van der Waals surface area contributed by atoms with E-state index in [4.69, 9.17) is 4.52 Å². The highest BCUT2D eigenvalue weighted by Gasteiger charge is 2.31. The Balaban J connectivity index is 1.92. The Hall–Kier alpha value is -2.50. The summed E-state index contributed by atoms with van der Waals surface area (Å²) in [4.78, 5) is 0. The minimum atomic E-state index is 0.160. The molecular formula is C16H18N4O2. The first-order valence-electron chi connectivity index (χ1n) is 7.56. The van der Waals surface area contributed by atoms with E-state index in [9.17, 15) is 5.21 Å². The summed E-state index contributed by atoms with van der Waals surface area (Å²) in [7, 11) is 0. The highest BCUT2D eigenvalue weighted by Crippen LogP contribution is 2.27. The number of nitrogens with zero attached hydrogens (tertiary/aromatic N) is 4. The van der Waals surface area contributed by atoms with Crippen molar-refractivity contribution < 1.29 is 9.20 Å². The number of benzene rings is 1. The molecule has 114 valence electrons. The maximum atomic E-state index is 10.4. The second-order valence-electron chi connectivity index (χ2n) is 5.43. The Kier molecular flexibility index (Phi) is 4.58. The van der Waals surface area contributed by atoms with Gasteiger partial charge in [0.1, 0.15) is 0 Å². The molecule has 1 aliphatic rings. The van der Waals surface area contributed by atoms with Crippen molar-refractivity contribution in [2.45, 2.75) is 38.1 Å². The zero-order chi connectivity index (χ0) is 15.2. The molecule has 0 N–H and O–H groups in total. The summed E-state index contributed by atoms with van der Waals surface area (Å²) >= 11 is 0. The van der Waals surface area contributed by atoms with Crippen LogP contribution >= 0.6 is 0 Å². The predicted molar refractivity (Wildman–Crippen MR) is 82.1 cm³/mol. The molecule has 1 heterocycles. The lowest BCUT2D eigenvalue weighted by molar-refractivity contribution is -0.788. The lowest BCUT2D eigenvalue weighted by atomic mass is 9.95. The monoisotopic (exact) mass is 298 g/mol. The van der Waals surface area contributed by atoms with E-state index in [-0.39, 0.29) is 5.88 Å². The molecule has 0 spiro atoms. The van der Waals surface area contributed by atoms with Gasteiger partial charge in [0.25, 0.3) is 0 Å². The SMILES string of the molecule is [O-]/N=N/c1on[n+](C2CCCCC2)c1/C=C/c1ccccc1. The summed E-state index contributed by atoms with van der Waals surface area (Å²) in [5, 5.41) is 20.6. The first-order valence-corrected chi connectivity index (χ1v) is 7.56. The number of hydrogen-bond donors (Lipinski definition) is 0. The molecule has 0 unspecified atom stereocenters. The summed E-state index contributed by atoms with van der Waals surface area (Å²) in [5.41, 5.74) is 1.75. The van der Waals surface area contributed by atoms with Crippen LogP contribution in [0.2, 0.25) is 0 Å². The fourth-order valence-corrected chi connectivity index (χ4v) is 2.85. The molecule has 2 aromatic rings. The van der Waals surface area contributed by atoms with Gasteiger partial charge < -0.3 is 5.21 Å². The fourth-order valence-electron chi connectivity index (χ4n) is 2.85. The van der Waals surface area contributed by atoms with Crippen LogP contribution in [0.3, 0.4) is 0 Å². The Morgan fingerprint density at radius 3 is 2.64 bits per heavy atom. The van der Waals surface area contributed by atoms with Gasteiger partial charge in [-0.25, -0.2) is 5.28 Å². The topological polar surface area (TPSA) is 77.7 Å². The number of rotatable bonds is 4. The predicted octanol–water partition coefficient (Wildman–Crippen LogP) is 4.22. The van der Waals surface area contributed by atoms with Crippen LogP contribution in [-0.2, 0) is 0 Å². The molecule has 0 aliphatic heterocycles. The van der Waals surface area contributed by atoms with E-state index in [2.05, 4.69) is 15.7 Å². The molecule has 0 atom stereocenters. The van der Waals surface area contributed by atoms with Crippen LogP contribution in [0.5, 0.6) is 0 Å². The quantitative estimate of drug-likeness (QED) is 0.481. The summed E-state index contributed by atoms with van der Waals surface area (Å²) in [6.07, 6.45) is 9.60. The van der Waals surface area contributed by atoms with Gasteiger partial charge in [0.15, 0.2) is 6.04 Å².